The lowest BCUT2D eigenvalue weighted by Crippen LogP contribution is -2.46. The van der Waals surface area contributed by atoms with Gasteiger partial charge >= 0.3 is 0 Å². The number of piperazine rings is 1. The van der Waals surface area contributed by atoms with Crippen molar-refractivity contribution in [1.82, 2.24) is 13.8 Å². The van der Waals surface area contributed by atoms with E-state index in [0.29, 0.717) is 22.6 Å². The molecule has 1 aliphatic rings. The SMILES string of the molecule is COc1ccc(N2CCN(Cn3c(=S)oc4ccc(S(=O)(=O)N(C)C)cc43)CC2)cc1. The van der Waals surface area contributed by atoms with Crippen LogP contribution in [0.3, 0.4) is 0 Å². The monoisotopic (exact) mass is 462 g/mol. The van der Waals surface area contributed by atoms with Crippen LogP contribution in [0.4, 0.5) is 5.69 Å². The molecule has 0 bridgehead atoms. The first kappa shape index (κ1) is 21.8. The largest absolute Gasteiger partial charge is 0.497 e. The Labute approximate surface area is 187 Å². The summed E-state index contributed by atoms with van der Waals surface area (Å²) in [6, 6.07) is 12.9. The molecule has 4 rings (SSSR count). The second-order valence-corrected chi connectivity index (χ2v) is 10.2. The molecule has 3 aromatic rings. The van der Waals surface area contributed by atoms with Crippen molar-refractivity contribution in [3.05, 3.63) is 47.3 Å². The third-order valence-corrected chi connectivity index (χ3v) is 7.68. The first-order valence-corrected chi connectivity index (χ1v) is 11.8. The van der Waals surface area contributed by atoms with Crippen molar-refractivity contribution in [3.63, 3.8) is 0 Å². The highest BCUT2D eigenvalue weighted by Gasteiger charge is 2.22. The van der Waals surface area contributed by atoms with Gasteiger partial charge in [0.15, 0.2) is 5.58 Å². The number of ether oxygens (including phenoxy) is 1. The van der Waals surface area contributed by atoms with Crippen molar-refractivity contribution in [2.75, 3.05) is 52.3 Å². The molecule has 1 fully saturated rings. The number of hydrogen-bond acceptors (Lipinski definition) is 7. The van der Waals surface area contributed by atoms with Crippen molar-refractivity contribution < 1.29 is 17.6 Å². The fourth-order valence-corrected chi connectivity index (χ4v) is 4.86. The lowest BCUT2D eigenvalue weighted by Gasteiger charge is -2.36. The molecule has 0 saturated carbocycles. The van der Waals surface area contributed by atoms with Crippen molar-refractivity contribution in [2.45, 2.75) is 11.6 Å². The number of methoxy groups -OCH3 is 1. The summed E-state index contributed by atoms with van der Waals surface area (Å²) >= 11 is 5.42. The van der Waals surface area contributed by atoms with Gasteiger partial charge in [0.05, 0.1) is 24.2 Å². The highest BCUT2D eigenvalue weighted by molar-refractivity contribution is 7.89. The van der Waals surface area contributed by atoms with Gasteiger partial charge in [-0.15, -0.1) is 0 Å². The van der Waals surface area contributed by atoms with Gasteiger partial charge in [0.25, 0.3) is 4.84 Å². The molecule has 0 N–H and O–H groups in total. The predicted molar refractivity (Wildman–Crippen MR) is 123 cm³/mol. The molecule has 1 saturated heterocycles. The van der Waals surface area contributed by atoms with Gasteiger partial charge in [0.1, 0.15) is 5.75 Å². The van der Waals surface area contributed by atoms with Crippen LogP contribution in [0.1, 0.15) is 0 Å². The van der Waals surface area contributed by atoms with E-state index in [1.54, 1.807) is 25.3 Å². The van der Waals surface area contributed by atoms with E-state index >= 15 is 0 Å². The Morgan fingerprint density at radius 2 is 1.74 bits per heavy atom. The summed E-state index contributed by atoms with van der Waals surface area (Å²) in [5.74, 6) is 0.847. The molecule has 1 aliphatic heterocycles. The third-order valence-electron chi connectivity index (χ3n) is 5.57. The Kier molecular flexibility index (Phi) is 6.07. The normalized spacial score (nSPS) is 15.7. The van der Waals surface area contributed by atoms with Crippen molar-refractivity contribution in [2.24, 2.45) is 0 Å². The van der Waals surface area contributed by atoms with E-state index in [9.17, 15) is 8.42 Å². The minimum Gasteiger partial charge on any atom is -0.497 e. The maximum absolute atomic E-state index is 12.5. The number of rotatable bonds is 6. The Morgan fingerprint density at radius 1 is 1.06 bits per heavy atom. The summed E-state index contributed by atoms with van der Waals surface area (Å²) in [5, 5.41) is 0. The van der Waals surface area contributed by atoms with Crippen LogP contribution >= 0.6 is 12.2 Å². The summed E-state index contributed by atoms with van der Waals surface area (Å²) in [7, 11) is 1.16. The minimum absolute atomic E-state index is 0.221. The fraction of sp³-hybridized carbons (Fsp3) is 0.381. The average Bonchev–Trinajstić information content (AvgIpc) is 3.08. The second-order valence-electron chi connectivity index (χ2n) is 7.66. The predicted octanol–water partition coefficient (Wildman–Crippen LogP) is 3.00. The Morgan fingerprint density at radius 3 is 2.35 bits per heavy atom. The van der Waals surface area contributed by atoms with Gasteiger partial charge in [-0.2, -0.15) is 0 Å². The molecule has 1 aromatic heterocycles. The Bertz CT molecular complexity index is 1220. The topological polar surface area (TPSA) is 71.2 Å². The van der Waals surface area contributed by atoms with E-state index in [4.69, 9.17) is 21.4 Å². The van der Waals surface area contributed by atoms with Crippen LogP contribution < -0.4 is 9.64 Å². The molecule has 0 spiro atoms. The number of hydrogen-bond donors (Lipinski definition) is 0. The van der Waals surface area contributed by atoms with Gasteiger partial charge in [-0.3, -0.25) is 9.47 Å². The molecule has 166 valence electrons. The van der Waals surface area contributed by atoms with Crippen LogP contribution in [0.5, 0.6) is 5.75 Å². The number of aromatic nitrogens is 1. The molecular weight excluding hydrogens is 436 g/mol. The standard InChI is InChI=1S/C21H26N4O4S2/c1-22(2)31(26,27)18-8-9-20-19(14-18)25(21(30)29-20)15-23-10-12-24(13-11-23)16-4-6-17(28-3)7-5-16/h4-9,14H,10-13,15H2,1-3H3. The molecule has 2 heterocycles. The molecule has 31 heavy (non-hydrogen) atoms. The van der Waals surface area contributed by atoms with Gasteiger partial charge in [0.2, 0.25) is 10.0 Å². The fourth-order valence-electron chi connectivity index (χ4n) is 3.69. The first-order valence-electron chi connectivity index (χ1n) is 9.97. The first-order chi connectivity index (χ1) is 14.8. The third kappa shape index (κ3) is 4.33. The summed E-state index contributed by atoms with van der Waals surface area (Å²) in [4.78, 5) is 5.19. The molecule has 8 nitrogen and oxygen atoms in total. The number of benzene rings is 2. The van der Waals surface area contributed by atoms with E-state index in [0.717, 1.165) is 31.9 Å². The van der Waals surface area contributed by atoms with Gasteiger partial charge < -0.3 is 14.1 Å². The maximum Gasteiger partial charge on any atom is 0.270 e. The number of sulfonamides is 1. The van der Waals surface area contributed by atoms with E-state index in [1.807, 2.05) is 16.7 Å². The maximum atomic E-state index is 12.5. The van der Waals surface area contributed by atoms with Crippen LogP contribution in [0.2, 0.25) is 0 Å². The number of anilines is 1. The molecule has 0 amide bonds. The van der Waals surface area contributed by atoms with E-state index in [-0.39, 0.29) is 4.90 Å². The highest BCUT2D eigenvalue weighted by atomic mass is 32.2. The molecule has 10 heteroatoms. The molecule has 2 aromatic carbocycles. The smallest absolute Gasteiger partial charge is 0.270 e. The molecule has 0 atom stereocenters. The average molecular weight is 463 g/mol. The zero-order valence-electron chi connectivity index (χ0n) is 17.8. The molecule has 0 radical (unpaired) electrons. The number of oxazole rings is 1. The van der Waals surface area contributed by atoms with Crippen molar-refractivity contribution in [3.8, 4) is 5.75 Å². The number of nitrogens with zero attached hydrogens (tertiary/aromatic N) is 4. The quantitative estimate of drug-likeness (QED) is 0.522. The zero-order valence-corrected chi connectivity index (χ0v) is 19.4. The van der Waals surface area contributed by atoms with E-state index < -0.39 is 10.0 Å². The molecule has 0 unspecified atom stereocenters. The van der Waals surface area contributed by atoms with E-state index in [2.05, 4.69) is 21.9 Å². The van der Waals surface area contributed by atoms with Crippen molar-refractivity contribution >= 4 is 39.0 Å². The second kappa shape index (κ2) is 8.62. The van der Waals surface area contributed by atoms with E-state index in [1.165, 1.54) is 24.1 Å². The number of fused-ring (bicyclic) bond motifs is 1. The lowest BCUT2D eigenvalue weighted by molar-refractivity contribution is 0.204. The summed E-state index contributed by atoms with van der Waals surface area (Å²) in [6.07, 6.45) is 0. The zero-order chi connectivity index (χ0) is 22.2. The van der Waals surface area contributed by atoms with Crippen molar-refractivity contribution in [1.29, 1.82) is 0 Å². The summed E-state index contributed by atoms with van der Waals surface area (Å²) in [5.41, 5.74) is 2.44. The minimum atomic E-state index is -3.54. The lowest BCUT2D eigenvalue weighted by atomic mass is 10.2. The highest BCUT2D eigenvalue weighted by Crippen LogP contribution is 2.25. The molecule has 0 aliphatic carbocycles. The van der Waals surface area contributed by atoms with Gasteiger partial charge in [-0.25, -0.2) is 12.7 Å². The van der Waals surface area contributed by atoms with Crippen LogP contribution in [-0.2, 0) is 16.7 Å². The summed E-state index contributed by atoms with van der Waals surface area (Å²) in [6.45, 7) is 4.03. The van der Waals surface area contributed by atoms with Gasteiger partial charge in [-0.1, -0.05) is 0 Å². The van der Waals surface area contributed by atoms with Gasteiger partial charge in [0, 0.05) is 46.0 Å². The van der Waals surface area contributed by atoms with Gasteiger partial charge in [-0.05, 0) is 54.7 Å². The molecular formula is C21H26N4O4S2. The van der Waals surface area contributed by atoms with Crippen LogP contribution in [-0.4, -0.2) is 69.6 Å². The van der Waals surface area contributed by atoms with Crippen LogP contribution in [0.25, 0.3) is 11.1 Å². The van der Waals surface area contributed by atoms with Crippen LogP contribution in [0.15, 0.2) is 51.8 Å². The Balaban J connectivity index is 1.51. The van der Waals surface area contributed by atoms with Crippen LogP contribution in [0, 0.1) is 4.84 Å². The Hall–Kier alpha value is -2.40. The summed E-state index contributed by atoms with van der Waals surface area (Å²) < 4.78 is 39.1.